The Morgan fingerprint density at radius 1 is 1.18 bits per heavy atom. The van der Waals surface area contributed by atoms with Gasteiger partial charge in [-0.2, -0.15) is 0 Å². The summed E-state index contributed by atoms with van der Waals surface area (Å²) in [6, 6.07) is 15.0. The molecule has 34 heavy (non-hydrogen) atoms. The van der Waals surface area contributed by atoms with E-state index in [0.717, 1.165) is 47.8 Å². The fraction of sp³-hybridized carbons (Fsp3) is 0.400. The number of alkyl carbamates (subject to hydrolysis) is 1. The van der Waals surface area contributed by atoms with Gasteiger partial charge in [0.05, 0.1) is 18.1 Å². The van der Waals surface area contributed by atoms with Gasteiger partial charge in [0.1, 0.15) is 6.61 Å². The third kappa shape index (κ3) is 5.94. The Morgan fingerprint density at radius 2 is 1.97 bits per heavy atom. The maximum Gasteiger partial charge on any atom is 0.407 e. The van der Waals surface area contributed by atoms with Crippen LogP contribution in [0.15, 0.2) is 59.8 Å². The molecule has 2 aromatic heterocycles. The molecule has 3 aromatic rings. The van der Waals surface area contributed by atoms with Crippen molar-refractivity contribution in [1.82, 2.24) is 15.3 Å². The molecular weight excluding hydrogens is 432 g/mol. The van der Waals surface area contributed by atoms with Crippen LogP contribution in [0.3, 0.4) is 0 Å². The van der Waals surface area contributed by atoms with Gasteiger partial charge in [0.2, 0.25) is 5.88 Å². The molecular formula is C25H28N6O3. The predicted molar refractivity (Wildman–Crippen MR) is 128 cm³/mol. The highest BCUT2D eigenvalue weighted by Crippen LogP contribution is 2.31. The van der Waals surface area contributed by atoms with E-state index in [-0.39, 0.29) is 24.6 Å². The van der Waals surface area contributed by atoms with Gasteiger partial charge < -0.3 is 14.8 Å². The minimum absolute atomic E-state index is 0.0546. The minimum Gasteiger partial charge on any atom is -0.481 e. The number of hydrogen-bond acceptors (Lipinski definition) is 6. The van der Waals surface area contributed by atoms with Gasteiger partial charge >= 0.3 is 6.09 Å². The Hall–Kier alpha value is -3.84. The quantitative estimate of drug-likeness (QED) is 0.276. The van der Waals surface area contributed by atoms with Crippen LogP contribution in [0, 0.1) is 5.92 Å². The number of nitrogens with zero attached hydrogens (tertiary/aromatic N) is 5. The fourth-order valence-corrected chi connectivity index (χ4v) is 4.51. The number of rotatable bonds is 8. The van der Waals surface area contributed by atoms with Crippen LogP contribution in [0.4, 0.5) is 4.79 Å². The molecule has 1 N–H and O–H groups in total. The van der Waals surface area contributed by atoms with E-state index in [1.54, 1.807) is 19.4 Å². The van der Waals surface area contributed by atoms with Gasteiger partial charge in [0.25, 0.3) is 0 Å². The van der Waals surface area contributed by atoms with Crippen LogP contribution < -0.4 is 10.1 Å². The van der Waals surface area contributed by atoms with Crippen molar-refractivity contribution >= 4 is 17.1 Å². The molecule has 0 bridgehead atoms. The number of nitrogens with one attached hydrogen (secondary N) is 1. The number of amides is 1. The topological polar surface area (TPSA) is 122 Å². The molecule has 1 aliphatic carbocycles. The number of fused-ring (bicyclic) bond motifs is 1. The Labute approximate surface area is 198 Å². The van der Waals surface area contributed by atoms with Gasteiger partial charge in [0, 0.05) is 29.3 Å². The molecule has 0 saturated heterocycles. The van der Waals surface area contributed by atoms with Gasteiger partial charge in [-0.3, -0.25) is 4.98 Å². The molecule has 0 aliphatic heterocycles. The van der Waals surface area contributed by atoms with E-state index in [1.807, 2.05) is 42.5 Å². The molecule has 1 amide bonds. The van der Waals surface area contributed by atoms with Gasteiger partial charge in [-0.1, -0.05) is 35.4 Å². The first-order chi connectivity index (χ1) is 16.7. The largest absolute Gasteiger partial charge is 0.481 e. The molecule has 9 nitrogen and oxygen atoms in total. The molecule has 0 spiro atoms. The molecule has 0 unspecified atom stereocenters. The molecule has 1 aliphatic rings. The summed E-state index contributed by atoms with van der Waals surface area (Å²) in [5.74, 6) is 0.746. The van der Waals surface area contributed by atoms with E-state index >= 15 is 0 Å². The molecule has 1 atom stereocenters. The Kier molecular flexibility index (Phi) is 7.78. The highest BCUT2D eigenvalue weighted by molar-refractivity contribution is 5.78. The third-order valence-corrected chi connectivity index (χ3v) is 6.33. The normalized spacial score (nSPS) is 18.5. The molecule has 176 valence electrons. The summed E-state index contributed by atoms with van der Waals surface area (Å²) >= 11 is 0. The zero-order chi connectivity index (χ0) is 23.8. The number of aromatic nitrogens is 2. The number of carbonyl (C=O) groups is 1. The van der Waals surface area contributed by atoms with Crippen LogP contribution in [0.1, 0.15) is 36.8 Å². The number of hydrogen-bond donors (Lipinski definition) is 1. The lowest BCUT2D eigenvalue weighted by atomic mass is 9.80. The van der Waals surface area contributed by atoms with Crippen molar-refractivity contribution < 1.29 is 14.3 Å². The van der Waals surface area contributed by atoms with Gasteiger partial charge in [0.15, 0.2) is 0 Å². The average Bonchev–Trinajstić information content (AvgIpc) is 2.88. The second-order valence-corrected chi connectivity index (χ2v) is 8.49. The summed E-state index contributed by atoms with van der Waals surface area (Å²) in [6.07, 6.45) is 5.26. The van der Waals surface area contributed by atoms with E-state index in [1.165, 1.54) is 0 Å². The maximum atomic E-state index is 12.2. The van der Waals surface area contributed by atoms with Crippen molar-refractivity contribution in [2.75, 3.05) is 7.11 Å². The summed E-state index contributed by atoms with van der Waals surface area (Å²) in [4.78, 5) is 24.3. The van der Waals surface area contributed by atoms with Crippen molar-refractivity contribution in [1.29, 1.82) is 0 Å². The molecule has 2 heterocycles. The zero-order valence-corrected chi connectivity index (χ0v) is 19.1. The summed E-state index contributed by atoms with van der Waals surface area (Å²) in [5.41, 5.74) is 12.7. The highest BCUT2D eigenvalue weighted by atomic mass is 16.5. The van der Waals surface area contributed by atoms with Crippen LogP contribution in [0.25, 0.3) is 21.5 Å². The van der Waals surface area contributed by atoms with E-state index in [2.05, 4.69) is 25.3 Å². The first kappa shape index (κ1) is 23.3. The van der Waals surface area contributed by atoms with E-state index in [9.17, 15) is 10.3 Å². The van der Waals surface area contributed by atoms with Crippen LogP contribution in [0.5, 0.6) is 5.88 Å². The third-order valence-electron chi connectivity index (χ3n) is 6.33. The summed E-state index contributed by atoms with van der Waals surface area (Å²) in [6.45, 7) is 0.250. The summed E-state index contributed by atoms with van der Waals surface area (Å²) < 4.78 is 10.6. The molecule has 1 aromatic carbocycles. The summed E-state index contributed by atoms with van der Waals surface area (Å²) in [7, 11) is 1.58. The number of azide groups is 1. The number of carbonyl (C=O) groups excluding carboxylic acids is 1. The number of pyridine rings is 2. The van der Waals surface area contributed by atoms with Crippen LogP contribution in [-0.4, -0.2) is 35.3 Å². The van der Waals surface area contributed by atoms with Crippen LogP contribution >= 0.6 is 0 Å². The number of ether oxygens (including phenoxy) is 2. The SMILES string of the molecule is COc1ccc2nccc(C[C@H](N=[N+]=[N-])C3CCC(NC(=O)OCc4ccccc4)CC3)c2n1. The Morgan fingerprint density at radius 3 is 2.71 bits per heavy atom. The van der Waals surface area contributed by atoms with Gasteiger partial charge in [-0.05, 0) is 66.8 Å². The van der Waals surface area contributed by atoms with Crippen LogP contribution in [-0.2, 0) is 17.8 Å². The lowest BCUT2D eigenvalue weighted by molar-refractivity contribution is 0.130. The van der Waals surface area contributed by atoms with Crippen LogP contribution in [0.2, 0.25) is 0 Å². The van der Waals surface area contributed by atoms with Crippen molar-refractivity contribution in [3.63, 3.8) is 0 Å². The molecule has 4 rings (SSSR count). The lowest BCUT2D eigenvalue weighted by Gasteiger charge is -2.32. The predicted octanol–water partition coefficient (Wildman–Crippen LogP) is 5.35. The standard InChI is InChI=1S/C25H28N6O3/c1-33-23-12-11-21-24(29-23)19(13-14-27-21)15-22(30-31-26)18-7-9-20(10-8-18)28-25(32)34-16-17-5-3-2-4-6-17/h2-6,11-14,18,20,22H,7-10,15-16H2,1H3,(H,28,32)/t18?,20?,22-/m0/s1. The molecule has 1 saturated carbocycles. The van der Waals surface area contributed by atoms with Crippen molar-refractivity contribution in [2.24, 2.45) is 11.0 Å². The number of methoxy groups -OCH3 is 1. The smallest absolute Gasteiger partial charge is 0.407 e. The van der Waals surface area contributed by atoms with Gasteiger partial charge in [-0.25, -0.2) is 9.78 Å². The van der Waals surface area contributed by atoms with Gasteiger partial charge in [-0.15, -0.1) is 0 Å². The molecule has 0 radical (unpaired) electrons. The van der Waals surface area contributed by atoms with Crippen molar-refractivity contribution in [3.05, 3.63) is 76.3 Å². The molecule has 9 heteroatoms. The van der Waals surface area contributed by atoms with Crippen molar-refractivity contribution in [3.8, 4) is 5.88 Å². The second-order valence-electron chi connectivity index (χ2n) is 8.49. The summed E-state index contributed by atoms with van der Waals surface area (Å²) in [5, 5.41) is 7.10. The fourth-order valence-electron chi connectivity index (χ4n) is 4.51. The van der Waals surface area contributed by atoms with E-state index < -0.39 is 6.09 Å². The van der Waals surface area contributed by atoms with Crippen molar-refractivity contribution in [2.45, 2.75) is 50.8 Å². The molecule has 1 fully saturated rings. The zero-order valence-electron chi connectivity index (χ0n) is 19.1. The lowest BCUT2D eigenvalue weighted by Crippen LogP contribution is -2.39. The number of benzene rings is 1. The maximum absolute atomic E-state index is 12.2. The average molecular weight is 461 g/mol. The Bertz CT molecular complexity index is 1160. The first-order valence-corrected chi connectivity index (χ1v) is 11.5. The monoisotopic (exact) mass is 460 g/mol. The first-order valence-electron chi connectivity index (χ1n) is 11.5. The minimum atomic E-state index is -0.401. The van der Waals surface area contributed by atoms with E-state index in [4.69, 9.17) is 9.47 Å². The highest BCUT2D eigenvalue weighted by Gasteiger charge is 2.29. The Balaban J connectivity index is 1.34. The second kappa shape index (κ2) is 11.3. The van der Waals surface area contributed by atoms with E-state index in [0.29, 0.717) is 12.3 Å².